The molecule has 0 unspecified atom stereocenters. The Morgan fingerprint density at radius 2 is 1.80 bits per heavy atom. The smallest absolute Gasteiger partial charge is 0.318 e. The lowest BCUT2D eigenvalue weighted by Crippen LogP contribution is -2.44. The predicted molar refractivity (Wildman–Crippen MR) is 79.8 cm³/mol. The van der Waals surface area contributed by atoms with Gasteiger partial charge in [-0.05, 0) is 51.2 Å². The van der Waals surface area contributed by atoms with Crippen LogP contribution in [0, 0.1) is 5.92 Å². The molecule has 1 aliphatic heterocycles. The van der Waals surface area contributed by atoms with Gasteiger partial charge < -0.3 is 16.0 Å². The molecule has 0 spiro atoms. The zero-order valence-corrected chi connectivity index (χ0v) is 12.6. The Hall–Kier alpha value is -0.850. The molecule has 2 aliphatic rings. The molecule has 7 heteroatoms. The topological polar surface area (TPSA) is 87.5 Å². The van der Waals surface area contributed by atoms with Crippen LogP contribution in [0.4, 0.5) is 4.79 Å². The van der Waals surface area contributed by atoms with Crippen molar-refractivity contribution in [1.29, 1.82) is 0 Å². The Bertz CT molecular complexity index is 328. The minimum absolute atomic E-state index is 0. The van der Waals surface area contributed by atoms with Crippen molar-refractivity contribution in [1.82, 2.24) is 15.5 Å². The number of likely N-dealkylation sites (tertiary alicyclic amines) is 1. The van der Waals surface area contributed by atoms with Crippen LogP contribution in [0.3, 0.4) is 0 Å². The molecule has 0 bridgehead atoms. The van der Waals surface area contributed by atoms with Gasteiger partial charge in [0, 0.05) is 19.0 Å². The van der Waals surface area contributed by atoms with Crippen LogP contribution in [0.15, 0.2) is 0 Å². The van der Waals surface area contributed by atoms with Crippen molar-refractivity contribution < 1.29 is 9.59 Å². The van der Waals surface area contributed by atoms with Crippen molar-refractivity contribution in [2.45, 2.75) is 38.1 Å². The summed E-state index contributed by atoms with van der Waals surface area (Å²) in [5.41, 5.74) is 4.89. The summed E-state index contributed by atoms with van der Waals surface area (Å²) in [5.74, 6) is 0.636. The minimum Gasteiger partial charge on any atom is -0.351 e. The largest absolute Gasteiger partial charge is 0.351 e. The molecule has 2 rings (SSSR count). The minimum atomic E-state index is -0.770. The highest BCUT2D eigenvalue weighted by molar-refractivity contribution is 5.93. The average Bonchev–Trinajstić information content (AvgIpc) is 3.18. The zero-order valence-electron chi connectivity index (χ0n) is 11.8. The van der Waals surface area contributed by atoms with Gasteiger partial charge in [-0.15, -0.1) is 12.4 Å². The molecule has 1 heterocycles. The van der Waals surface area contributed by atoms with Gasteiger partial charge in [-0.2, -0.15) is 0 Å². The summed E-state index contributed by atoms with van der Waals surface area (Å²) >= 11 is 0. The van der Waals surface area contributed by atoms with Gasteiger partial charge in [0.1, 0.15) is 0 Å². The highest BCUT2D eigenvalue weighted by atomic mass is 35.5. The molecule has 1 aliphatic carbocycles. The van der Waals surface area contributed by atoms with Crippen LogP contribution in [0.25, 0.3) is 0 Å². The predicted octanol–water partition coefficient (Wildman–Crippen LogP) is 0.457. The molecular weight excluding hydrogens is 280 g/mol. The molecule has 1 saturated heterocycles. The fraction of sp³-hybridized carbons (Fsp3) is 0.846. The Morgan fingerprint density at radius 1 is 1.15 bits per heavy atom. The van der Waals surface area contributed by atoms with E-state index in [0.29, 0.717) is 19.0 Å². The van der Waals surface area contributed by atoms with Crippen LogP contribution in [0.2, 0.25) is 0 Å². The van der Waals surface area contributed by atoms with Crippen LogP contribution >= 0.6 is 12.4 Å². The summed E-state index contributed by atoms with van der Waals surface area (Å²) in [6.45, 7) is 3.92. The van der Waals surface area contributed by atoms with Gasteiger partial charge >= 0.3 is 6.03 Å². The third-order valence-corrected chi connectivity index (χ3v) is 3.90. The second-order valence-corrected chi connectivity index (χ2v) is 5.63. The van der Waals surface area contributed by atoms with Crippen LogP contribution in [0.1, 0.15) is 32.1 Å². The Kier molecular flexibility index (Phi) is 7.26. The van der Waals surface area contributed by atoms with E-state index in [-0.39, 0.29) is 18.3 Å². The van der Waals surface area contributed by atoms with Gasteiger partial charge in [-0.25, -0.2) is 4.79 Å². The van der Waals surface area contributed by atoms with E-state index in [1.807, 2.05) is 0 Å². The quantitative estimate of drug-likeness (QED) is 0.665. The van der Waals surface area contributed by atoms with E-state index >= 15 is 0 Å². The number of hydrogen-bond acceptors (Lipinski definition) is 4. The van der Waals surface area contributed by atoms with Crippen molar-refractivity contribution in [3.05, 3.63) is 0 Å². The molecule has 2 fully saturated rings. The van der Waals surface area contributed by atoms with Gasteiger partial charge in [0.05, 0.1) is 0 Å². The van der Waals surface area contributed by atoms with Gasteiger partial charge in [0.25, 0.3) is 0 Å². The number of hydrogen-bond donors (Lipinski definition) is 3. The summed E-state index contributed by atoms with van der Waals surface area (Å²) < 4.78 is 0. The normalized spacial score (nSPS) is 20.2. The molecule has 0 aromatic heterocycles. The van der Waals surface area contributed by atoms with E-state index in [2.05, 4.69) is 15.5 Å². The van der Waals surface area contributed by atoms with E-state index in [0.717, 1.165) is 31.8 Å². The first-order valence-electron chi connectivity index (χ1n) is 7.18. The van der Waals surface area contributed by atoms with Crippen molar-refractivity contribution in [2.24, 2.45) is 11.7 Å². The molecule has 20 heavy (non-hydrogen) atoms. The molecule has 116 valence electrons. The molecule has 0 radical (unpaired) electrons. The number of primary amides is 1. The summed E-state index contributed by atoms with van der Waals surface area (Å²) in [5, 5.41) is 5.72. The maximum atomic E-state index is 11.3. The second kappa shape index (κ2) is 8.44. The SMILES string of the molecule is Cl.NC(=O)NC(=O)CCN1CCC(NCC2CC2)CC1. The fourth-order valence-corrected chi connectivity index (χ4v) is 2.48. The number of imide groups is 1. The number of carbonyl (C=O) groups is 2. The number of urea groups is 1. The highest BCUT2D eigenvalue weighted by Crippen LogP contribution is 2.28. The number of amides is 3. The fourth-order valence-electron chi connectivity index (χ4n) is 2.48. The van der Waals surface area contributed by atoms with Crippen LogP contribution < -0.4 is 16.4 Å². The summed E-state index contributed by atoms with van der Waals surface area (Å²) in [7, 11) is 0. The molecule has 3 amide bonds. The molecular formula is C13H25ClN4O2. The first kappa shape index (κ1) is 17.2. The lowest BCUT2D eigenvalue weighted by Gasteiger charge is -2.32. The van der Waals surface area contributed by atoms with Gasteiger partial charge in [-0.3, -0.25) is 10.1 Å². The number of nitrogens with one attached hydrogen (secondary N) is 2. The molecule has 0 aromatic rings. The third-order valence-electron chi connectivity index (χ3n) is 3.90. The molecule has 1 saturated carbocycles. The van der Waals surface area contributed by atoms with E-state index in [4.69, 9.17) is 5.73 Å². The first-order valence-corrected chi connectivity index (χ1v) is 7.18. The molecule has 6 nitrogen and oxygen atoms in total. The molecule has 0 atom stereocenters. The van der Waals surface area contributed by atoms with E-state index in [1.165, 1.54) is 19.4 Å². The van der Waals surface area contributed by atoms with Crippen LogP contribution in [-0.4, -0.2) is 49.1 Å². The van der Waals surface area contributed by atoms with Crippen LogP contribution in [-0.2, 0) is 4.79 Å². The number of nitrogens with two attached hydrogens (primary N) is 1. The summed E-state index contributed by atoms with van der Waals surface area (Å²) in [4.78, 5) is 24.1. The number of nitrogens with zero attached hydrogens (tertiary/aromatic N) is 1. The zero-order chi connectivity index (χ0) is 13.7. The lowest BCUT2D eigenvalue weighted by molar-refractivity contribution is -0.120. The van der Waals surface area contributed by atoms with E-state index in [9.17, 15) is 9.59 Å². The number of carbonyl (C=O) groups excluding carboxylic acids is 2. The van der Waals surface area contributed by atoms with Crippen molar-refractivity contribution in [3.8, 4) is 0 Å². The molecule has 4 N–H and O–H groups in total. The Morgan fingerprint density at radius 3 is 2.35 bits per heavy atom. The number of piperidine rings is 1. The standard InChI is InChI=1S/C13H24N4O2.ClH/c14-13(19)16-12(18)5-8-17-6-3-11(4-7-17)15-9-10-1-2-10;/h10-11,15H,1-9H2,(H3,14,16,18,19);1H. The Balaban J connectivity index is 0.00000200. The third kappa shape index (κ3) is 6.54. The Labute approximate surface area is 126 Å². The average molecular weight is 305 g/mol. The van der Waals surface area contributed by atoms with Crippen molar-refractivity contribution >= 4 is 24.3 Å². The van der Waals surface area contributed by atoms with Crippen molar-refractivity contribution in [3.63, 3.8) is 0 Å². The van der Waals surface area contributed by atoms with E-state index in [1.54, 1.807) is 0 Å². The highest BCUT2D eigenvalue weighted by Gasteiger charge is 2.24. The maximum absolute atomic E-state index is 11.3. The van der Waals surface area contributed by atoms with Gasteiger partial charge in [0.2, 0.25) is 5.91 Å². The monoisotopic (exact) mass is 304 g/mol. The lowest BCUT2D eigenvalue weighted by atomic mass is 10.0. The van der Waals surface area contributed by atoms with E-state index < -0.39 is 6.03 Å². The maximum Gasteiger partial charge on any atom is 0.318 e. The number of halogens is 1. The second-order valence-electron chi connectivity index (χ2n) is 5.63. The van der Waals surface area contributed by atoms with Crippen LogP contribution in [0.5, 0.6) is 0 Å². The number of rotatable bonds is 6. The van der Waals surface area contributed by atoms with Gasteiger partial charge in [-0.1, -0.05) is 0 Å². The first-order chi connectivity index (χ1) is 9.13. The van der Waals surface area contributed by atoms with Gasteiger partial charge in [0.15, 0.2) is 0 Å². The molecule has 0 aromatic carbocycles. The summed E-state index contributed by atoms with van der Waals surface area (Å²) in [6.07, 6.45) is 5.40. The van der Waals surface area contributed by atoms with Crippen molar-refractivity contribution in [2.75, 3.05) is 26.2 Å². The summed E-state index contributed by atoms with van der Waals surface area (Å²) in [6, 6.07) is -0.135.